The van der Waals surface area contributed by atoms with Gasteiger partial charge in [-0.3, -0.25) is 4.79 Å². The third-order valence-corrected chi connectivity index (χ3v) is 6.95. The molecular weight excluding hydrogens is 535 g/mol. The lowest BCUT2D eigenvalue weighted by Gasteiger charge is -2.34. The second kappa shape index (κ2) is 10.9. The largest absolute Gasteiger partial charge is 0.444 e. The number of likely N-dealkylation sites (tertiary alicyclic amines) is 1. The summed E-state index contributed by atoms with van der Waals surface area (Å²) in [6, 6.07) is 10.5. The van der Waals surface area contributed by atoms with Gasteiger partial charge in [0, 0.05) is 39.8 Å². The van der Waals surface area contributed by atoms with E-state index in [1.54, 1.807) is 34.0 Å². The highest BCUT2D eigenvalue weighted by Gasteiger charge is 2.32. The number of nitrogens with one attached hydrogen (secondary N) is 1. The second-order valence-electron chi connectivity index (χ2n) is 10.1. The van der Waals surface area contributed by atoms with Crippen LogP contribution in [0, 0.1) is 6.92 Å². The summed E-state index contributed by atoms with van der Waals surface area (Å²) < 4.78 is 7.30. The molecule has 0 bridgehead atoms. The highest BCUT2D eigenvalue weighted by atomic mass is 35.5. The van der Waals surface area contributed by atoms with Crippen LogP contribution in [0.5, 0.6) is 0 Å². The van der Waals surface area contributed by atoms with Crippen LogP contribution < -0.4 is 5.32 Å². The van der Waals surface area contributed by atoms with E-state index in [-0.39, 0.29) is 17.9 Å². The predicted molar refractivity (Wildman–Crippen MR) is 148 cm³/mol. The molecule has 4 rings (SSSR count). The van der Waals surface area contributed by atoms with Crippen molar-refractivity contribution in [2.24, 2.45) is 0 Å². The first kappa shape index (κ1) is 27.3. The molecule has 1 saturated heterocycles. The summed E-state index contributed by atoms with van der Waals surface area (Å²) >= 11 is 18.6. The molecule has 1 aromatic heterocycles. The van der Waals surface area contributed by atoms with Gasteiger partial charge in [-0.1, -0.05) is 40.9 Å². The molecule has 2 aromatic carbocycles. The van der Waals surface area contributed by atoms with Crippen molar-refractivity contribution in [3.8, 4) is 5.69 Å². The number of rotatable bonds is 4. The SMILES string of the molecule is Cc1ccc(-n2ncc(C(=O)Nc3cc(Cl)cc(Cl)c3)c2C2CCN(C(=O)OC(C)(C)C)CC2)cc1Cl. The van der Waals surface area contributed by atoms with Gasteiger partial charge in [-0.25, -0.2) is 9.48 Å². The lowest BCUT2D eigenvalue weighted by molar-refractivity contribution is 0.0203. The summed E-state index contributed by atoms with van der Waals surface area (Å²) in [6.07, 6.45) is 2.52. The Balaban J connectivity index is 1.65. The minimum absolute atomic E-state index is 0.0232. The Morgan fingerprint density at radius 2 is 1.68 bits per heavy atom. The average Bonchev–Trinajstić information content (AvgIpc) is 3.24. The standard InChI is InChI=1S/C27H29Cl3N4O3/c1-16-5-6-21(14-23(16)30)34-24(17-7-9-33(10-8-17)26(36)37-27(2,3)4)22(15-31-34)25(35)32-20-12-18(28)11-19(29)13-20/h5-6,11-15,17H,7-10H2,1-4H3,(H,32,35). The zero-order valence-corrected chi connectivity index (χ0v) is 23.4. The summed E-state index contributed by atoms with van der Waals surface area (Å²) in [7, 11) is 0. The molecule has 0 unspecified atom stereocenters. The number of benzene rings is 2. The molecule has 0 radical (unpaired) electrons. The van der Waals surface area contributed by atoms with Crippen molar-refractivity contribution in [3.05, 3.63) is 74.5 Å². The summed E-state index contributed by atoms with van der Waals surface area (Å²) in [4.78, 5) is 27.7. The molecule has 1 aliphatic heterocycles. The number of carbonyl (C=O) groups excluding carboxylic acids is 2. The number of aromatic nitrogens is 2. The Kier molecular flexibility index (Phi) is 8.07. The van der Waals surface area contributed by atoms with Crippen LogP contribution in [0.4, 0.5) is 10.5 Å². The Bertz CT molecular complexity index is 1300. The van der Waals surface area contributed by atoms with Gasteiger partial charge in [0.15, 0.2) is 0 Å². The fraction of sp³-hybridized carbons (Fsp3) is 0.370. The van der Waals surface area contributed by atoms with E-state index in [1.807, 2.05) is 45.9 Å². The lowest BCUT2D eigenvalue weighted by Crippen LogP contribution is -2.41. The molecule has 1 aliphatic rings. The van der Waals surface area contributed by atoms with Gasteiger partial charge in [0.2, 0.25) is 0 Å². The highest BCUT2D eigenvalue weighted by Crippen LogP contribution is 2.34. The number of hydrogen-bond donors (Lipinski definition) is 1. The number of halogens is 3. The summed E-state index contributed by atoms with van der Waals surface area (Å²) in [5.74, 6) is -0.350. The summed E-state index contributed by atoms with van der Waals surface area (Å²) in [5.41, 5.74) is 2.81. The van der Waals surface area contributed by atoms with Crippen LogP contribution in [0.2, 0.25) is 15.1 Å². The minimum Gasteiger partial charge on any atom is -0.444 e. The molecule has 0 spiro atoms. The van der Waals surface area contributed by atoms with E-state index in [0.29, 0.717) is 52.2 Å². The van der Waals surface area contributed by atoms with Gasteiger partial charge < -0.3 is 15.0 Å². The van der Waals surface area contributed by atoms with Gasteiger partial charge in [0.05, 0.1) is 23.1 Å². The molecule has 0 saturated carbocycles. The number of piperidine rings is 1. The number of nitrogens with zero attached hydrogens (tertiary/aromatic N) is 3. The van der Waals surface area contributed by atoms with Crippen LogP contribution in [0.1, 0.15) is 61.1 Å². The predicted octanol–water partition coefficient (Wildman–Crippen LogP) is 7.51. The second-order valence-corrected chi connectivity index (χ2v) is 11.4. The Hall–Kier alpha value is -2.74. The van der Waals surface area contributed by atoms with Crippen LogP contribution in [-0.2, 0) is 4.74 Å². The number of ether oxygens (including phenoxy) is 1. The van der Waals surface area contributed by atoms with Gasteiger partial charge in [0.1, 0.15) is 5.60 Å². The van der Waals surface area contributed by atoms with Gasteiger partial charge >= 0.3 is 6.09 Å². The maximum Gasteiger partial charge on any atom is 0.410 e. The van der Waals surface area contributed by atoms with Gasteiger partial charge in [-0.2, -0.15) is 5.10 Å². The van der Waals surface area contributed by atoms with E-state index in [0.717, 1.165) is 16.9 Å². The molecule has 196 valence electrons. The number of anilines is 1. The molecule has 10 heteroatoms. The zero-order valence-electron chi connectivity index (χ0n) is 21.1. The number of hydrogen-bond acceptors (Lipinski definition) is 4. The highest BCUT2D eigenvalue weighted by molar-refractivity contribution is 6.35. The van der Waals surface area contributed by atoms with Crippen LogP contribution in [0.15, 0.2) is 42.6 Å². The van der Waals surface area contributed by atoms with Crippen molar-refractivity contribution in [1.29, 1.82) is 0 Å². The normalized spacial score (nSPS) is 14.5. The Morgan fingerprint density at radius 1 is 1.03 bits per heavy atom. The van der Waals surface area contributed by atoms with Crippen molar-refractivity contribution >= 4 is 52.5 Å². The molecule has 0 aliphatic carbocycles. The molecule has 0 atom stereocenters. The van der Waals surface area contributed by atoms with E-state index >= 15 is 0 Å². The van der Waals surface area contributed by atoms with Gasteiger partial charge in [0.25, 0.3) is 5.91 Å². The first-order valence-corrected chi connectivity index (χ1v) is 13.1. The van der Waals surface area contributed by atoms with E-state index in [2.05, 4.69) is 10.4 Å². The summed E-state index contributed by atoms with van der Waals surface area (Å²) in [5, 5.41) is 8.91. The Labute approximate surface area is 231 Å². The first-order valence-electron chi connectivity index (χ1n) is 12.0. The van der Waals surface area contributed by atoms with E-state index in [1.165, 1.54) is 0 Å². The van der Waals surface area contributed by atoms with E-state index < -0.39 is 5.60 Å². The van der Waals surface area contributed by atoms with Crippen LogP contribution >= 0.6 is 34.8 Å². The fourth-order valence-corrected chi connectivity index (χ4v) is 5.03. The molecule has 7 nitrogen and oxygen atoms in total. The number of carbonyl (C=O) groups is 2. The van der Waals surface area contributed by atoms with Gasteiger partial charge in [-0.05, 0) is 76.4 Å². The smallest absolute Gasteiger partial charge is 0.410 e. The van der Waals surface area contributed by atoms with Crippen molar-refractivity contribution in [2.45, 2.75) is 52.1 Å². The zero-order chi connectivity index (χ0) is 26.9. The molecule has 1 N–H and O–H groups in total. The van der Waals surface area contributed by atoms with E-state index in [9.17, 15) is 9.59 Å². The molecular formula is C27H29Cl3N4O3. The maximum atomic E-state index is 13.4. The monoisotopic (exact) mass is 562 g/mol. The molecule has 3 aromatic rings. The quantitative estimate of drug-likeness (QED) is 0.356. The fourth-order valence-electron chi connectivity index (χ4n) is 4.33. The Morgan fingerprint density at radius 3 is 2.27 bits per heavy atom. The first-order chi connectivity index (χ1) is 17.4. The van der Waals surface area contributed by atoms with Crippen molar-refractivity contribution in [1.82, 2.24) is 14.7 Å². The minimum atomic E-state index is -0.564. The lowest BCUT2D eigenvalue weighted by atomic mass is 9.90. The van der Waals surface area contributed by atoms with Crippen LogP contribution in [0.25, 0.3) is 5.69 Å². The third-order valence-electron chi connectivity index (χ3n) is 6.10. The third kappa shape index (κ3) is 6.58. The van der Waals surface area contributed by atoms with Crippen LogP contribution in [-0.4, -0.2) is 45.4 Å². The number of aryl methyl sites for hydroxylation is 1. The number of amides is 2. The molecule has 1 fully saturated rings. The van der Waals surface area contributed by atoms with E-state index in [4.69, 9.17) is 39.5 Å². The molecule has 2 heterocycles. The van der Waals surface area contributed by atoms with Crippen molar-refractivity contribution < 1.29 is 14.3 Å². The van der Waals surface area contributed by atoms with Crippen molar-refractivity contribution in [3.63, 3.8) is 0 Å². The maximum absolute atomic E-state index is 13.4. The topological polar surface area (TPSA) is 76.5 Å². The van der Waals surface area contributed by atoms with Crippen molar-refractivity contribution in [2.75, 3.05) is 18.4 Å². The van der Waals surface area contributed by atoms with Crippen LogP contribution in [0.3, 0.4) is 0 Å². The molecule has 2 amide bonds. The van der Waals surface area contributed by atoms with Gasteiger partial charge in [-0.15, -0.1) is 0 Å². The average molecular weight is 564 g/mol. The summed E-state index contributed by atoms with van der Waals surface area (Å²) in [6.45, 7) is 8.48. The molecule has 37 heavy (non-hydrogen) atoms.